The molecule has 0 aromatic carbocycles. The Morgan fingerprint density at radius 2 is 2.00 bits per heavy atom. The number of piperidine rings is 1. The molecule has 104 valence electrons. The van der Waals surface area contributed by atoms with E-state index in [0.29, 0.717) is 0 Å². The van der Waals surface area contributed by atoms with E-state index < -0.39 is 43.3 Å². The molecule has 1 aliphatic rings. The lowest BCUT2D eigenvalue weighted by Crippen LogP contribution is -2.41. The fourth-order valence-electron chi connectivity index (χ4n) is 1.34. The number of carbonyl (C=O) groups excluding carboxylic acids is 1. The van der Waals surface area contributed by atoms with E-state index in [1.165, 1.54) is 33.2 Å². The lowest BCUT2D eigenvalue weighted by atomic mass is 9.90. The first-order valence-corrected chi connectivity index (χ1v) is 5.79. The molecule has 4 nitrogen and oxygen atoms in total. The highest BCUT2D eigenvalue weighted by Gasteiger charge is 2.27. The summed E-state index contributed by atoms with van der Waals surface area (Å²) in [5, 5.41) is 0. The van der Waals surface area contributed by atoms with Crippen LogP contribution in [0.5, 0.6) is 0 Å². The van der Waals surface area contributed by atoms with Gasteiger partial charge in [-0.25, -0.2) is 4.79 Å². The molecule has 0 spiro atoms. The smallest absolute Gasteiger partial charge is 0.410 e. The van der Waals surface area contributed by atoms with Crippen molar-refractivity contribution in [1.29, 1.82) is 0 Å². The van der Waals surface area contributed by atoms with Gasteiger partial charge in [0.15, 0.2) is 0 Å². The van der Waals surface area contributed by atoms with E-state index in [0.717, 1.165) is 12.1 Å². The molecule has 0 aliphatic carbocycles. The van der Waals surface area contributed by atoms with Crippen molar-refractivity contribution < 1.29 is 21.9 Å². The number of amides is 1. The Balaban J connectivity index is 2.79. The van der Waals surface area contributed by atoms with Gasteiger partial charge >= 0.3 is 6.09 Å². The molecule has 2 heterocycles. The maximum Gasteiger partial charge on any atom is 0.410 e. The molecule has 0 unspecified atom stereocenters. The van der Waals surface area contributed by atoms with Gasteiger partial charge in [0.25, 0.3) is 0 Å². The predicted octanol–water partition coefficient (Wildman–Crippen LogP) is 3.20. The van der Waals surface area contributed by atoms with Crippen LogP contribution in [0.25, 0.3) is 0 Å². The summed E-state index contributed by atoms with van der Waals surface area (Å²) in [5.41, 5.74) is -1.47. The van der Waals surface area contributed by atoms with E-state index in [4.69, 9.17) is 17.1 Å². The third-order valence-electron chi connectivity index (χ3n) is 2.13. The van der Waals surface area contributed by atoms with Crippen LogP contribution in [0.4, 0.5) is 4.79 Å². The predicted molar refractivity (Wildman–Crippen MR) is 74.0 cm³/mol. The Bertz CT molecular complexity index is 735. The Morgan fingerprint density at radius 1 is 1.42 bits per heavy atom. The van der Waals surface area contributed by atoms with Crippen molar-refractivity contribution in [2.24, 2.45) is 0 Å². The minimum absolute atomic E-state index is 0.209. The summed E-state index contributed by atoms with van der Waals surface area (Å²) < 4.78 is 79.9. The fraction of sp³-hybridized carbons (Fsp3) is 0.600. The second-order valence-corrected chi connectivity index (χ2v) is 4.90. The van der Waals surface area contributed by atoms with E-state index in [2.05, 4.69) is 4.98 Å². The van der Waals surface area contributed by atoms with Crippen LogP contribution in [0.1, 0.15) is 57.3 Å². The van der Waals surface area contributed by atoms with Crippen molar-refractivity contribution in [2.45, 2.75) is 45.0 Å². The number of hydrogen-bond acceptors (Lipinski definition) is 3. The zero-order chi connectivity index (χ0) is 22.0. The van der Waals surface area contributed by atoms with Crippen molar-refractivity contribution >= 4 is 6.09 Å². The monoisotopic (exact) mass is 271 g/mol. The third-order valence-corrected chi connectivity index (χ3v) is 2.13. The largest absolute Gasteiger partial charge is 0.444 e. The Labute approximate surface area is 127 Å². The van der Waals surface area contributed by atoms with Gasteiger partial charge in [-0.2, -0.15) is 0 Å². The molecule has 0 atom stereocenters. The SMILES string of the molecule is [2H]C1([2H])N(C(=O)OC(C)(C)C)C([2H])([2H])C([2H])([2H])C([2H])(c2ccncc2)C1([2H])[2H]. The first kappa shape index (κ1) is 6.25. The van der Waals surface area contributed by atoms with Gasteiger partial charge in [0, 0.05) is 37.7 Å². The molecule has 1 aromatic heterocycles. The topological polar surface area (TPSA) is 42.4 Å². The average molecular weight is 271 g/mol. The number of aromatic nitrogens is 1. The van der Waals surface area contributed by atoms with Gasteiger partial charge in [-0.15, -0.1) is 0 Å². The van der Waals surface area contributed by atoms with E-state index >= 15 is 0 Å². The third kappa shape index (κ3) is 3.94. The number of hydrogen-bond donors (Lipinski definition) is 0. The van der Waals surface area contributed by atoms with Crippen molar-refractivity contribution in [3.63, 3.8) is 0 Å². The summed E-state index contributed by atoms with van der Waals surface area (Å²) in [6.45, 7) is -2.48. The molecule has 2 rings (SSSR count). The molecule has 0 saturated carbocycles. The lowest BCUT2D eigenvalue weighted by Gasteiger charge is -2.33. The summed E-state index contributed by atoms with van der Waals surface area (Å²) >= 11 is 0. The fourth-order valence-corrected chi connectivity index (χ4v) is 1.34. The normalized spacial score (nSPS) is 36.6. The molecule has 0 radical (unpaired) electrons. The highest BCUT2D eigenvalue weighted by atomic mass is 16.6. The zero-order valence-electron chi connectivity index (χ0n) is 20.0. The van der Waals surface area contributed by atoms with Crippen molar-refractivity contribution in [1.82, 2.24) is 9.88 Å². The van der Waals surface area contributed by atoms with Crippen LogP contribution in [0, 0.1) is 0 Å². The summed E-state index contributed by atoms with van der Waals surface area (Å²) in [4.78, 5) is 16.1. The van der Waals surface area contributed by atoms with Crippen LogP contribution in [0.3, 0.4) is 0 Å². The standard InChI is InChI=1S/C15H22N2O2/c1-15(2,3)19-14(18)17-10-6-13(7-11-17)12-4-8-16-9-5-12/h4-5,8-9,13H,6-7,10-11H2,1-3H3/i6D2,7D2,10D2,11D2,13D. The van der Waals surface area contributed by atoms with Crippen molar-refractivity contribution in [2.75, 3.05) is 13.0 Å². The van der Waals surface area contributed by atoms with Crippen LogP contribution in [0.2, 0.25) is 0 Å². The van der Waals surface area contributed by atoms with Gasteiger partial charge in [0.1, 0.15) is 5.60 Å². The van der Waals surface area contributed by atoms with Gasteiger partial charge in [-0.1, -0.05) is 0 Å². The summed E-state index contributed by atoms with van der Waals surface area (Å²) in [6, 6.07) is 2.25. The highest BCUT2D eigenvalue weighted by molar-refractivity contribution is 5.68. The van der Waals surface area contributed by atoms with E-state index in [9.17, 15) is 4.79 Å². The summed E-state index contributed by atoms with van der Waals surface area (Å²) in [6.07, 6.45) is -5.96. The molecular formula is C15H22N2O2. The molecule has 1 saturated heterocycles. The van der Waals surface area contributed by atoms with Gasteiger partial charge in [0.2, 0.25) is 0 Å². The summed E-state index contributed by atoms with van der Waals surface area (Å²) in [7, 11) is 0. The maximum atomic E-state index is 12.6. The van der Waals surface area contributed by atoms with Gasteiger partial charge in [0.05, 0.1) is 0 Å². The van der Waals surface area contributed by atoms with Gasteiger partial charge in [-0.05, 0) is 57.1 Å². The number of nitrogens with zero attached hydrogens (tertiary/aromatic N) is 2. The van der Waals surface area contributed by atoms with Crippen LogP contribution in [-0.2, 0) is 4.74 Å². The second-order valence-electron chi connectivity index (χ2n) is 4.90. The average Bonchev–Trinajstić information content (AvgIpc) is 2.50. The molecule has 0 bridgehead atoms. The number of ether oxygens (including phenoxy) is 1. The molecular weight excluding hydrogens is 240 g/mol. The molecule has 0 N–H and O–H groups in total. The minimum atomic E-state index is -3.42. The number of rotatable bonds is 1. The Morgan fingerprint density at radius 3 is 2.53 bits per heavy atom. The quantitative estimate of drug-likeness (QED) is 0.787. The molecule has 4 heteroatoms. The van der Waals surface area contributed by atoms with Gasteiger partial charge < -0.3 is 9.64 Å². The van der Waals surface area contributed by atoms with Crippen molar-refractivity contribution in [3.8, 4) is 0 Å². The van der Waals surface area contributed by atoms with Crippen LogP contribution in [0.15, 0.2) is 24.5 Å². The highest BCUT2D eigenvalue weighted by Crippen LogP contribution is 2.28. The molecule has 19 heavy (non-hydrogen) atoms. The first-order chi connectivity index (χ1) is 12.4. The first-order valence-electron chi connectivity index (χ1n) is 10.3. The molecule has 1 aliphatic heterocycles. The van der Waals surface area contributed by atoms with E-state index in [1.54, 1.807) is 0 Å². The number of likely N-dealkylation sites (tertiary alicyclic amines) is 1. The second kappa shape index (κ2) is 5.59. The van der Waals surface area contributed by atoms with Crippen LogP contribution >= 0.6 is 0 Å². The number of pyridine rings is 1. The molecule has 1 aromatic rings. The van der Waals surface area contributed by atoms with Crippen LogP contribution in [-0.4, -0.2) is 34.6 Å². The minimum Gasteiger partial charge on any atom is -0.444 e. The number of carbonyl (C=O) groups is 1. The Hall–Kier alpha value is -1.58. The maximum absolute atomic E-state index is 12.6. The Kier molecular flexibility index (Phi) is 1.84. The van der Waals surface area contributed by atoms with E-state index in [1.807, 2.05) is 0 Å². The van der Waals surface area contributed by atoms with Gasteiger partial charge in [-0.3, -0.25) is 4.98 Å². The van der Waals surface area contributed by atoms with E-state index in [-0.39, 0.29) is 10.5 Å². The van der Waals surface area contributed by atoms with Crippen LogP contribution < -0.4 is 0 Å². The van der Waals surface area contributed by atoms with Crippen molar-refractivity contribution in [3.05, 3.63) is 30.1 Å². The molecule has 1 fully saturated rings. The molecule has 1 amide bonds. The zero-order valence-corrected chi connectivity index (χ0v) is 11.0. The lowest BCUT2D eigenvalue weighted by molar-refractivity contribution is 0.0205. The summed E-state index contributed by atoms with van der Waals surface area (Å²) in [5.74, 6) is -3.05.